The summed E-state index contributed by atoms with van der Waals surface area (Å²) in [7, 11) is 0. The minimum absolute atomic E-state index is 0.0548. The topological polar surface area (TPSA) is 79.2 Å². The molecular weight excluding hydrogens is 376 g/mol. The molecule has 6 heteroatoms. The maximum atomic E-state index is 10.8. The molecule has 2 aromatic carbocycles. The molecule has 3 N–H and O–H groups in total. The van der Waals surface area contributed by atoms with Crippen LogP contribution < -0.4 is 4.74 Å². The molecule has 1 unspecified atom stereocenters. The number of aliphatic hydroxyl groups is 3. The number of rotatable bonds is 5. The summed E-state index contributed by atoms with van der Waals surface area (Å²) >= 11 is 1.42. The lowest BCUT2D eigenvalue weighted by Crippen LogP contribution is -2.51. The summed E-state index contributed by atoms with van der Waals surface area (Å²) in [6.07, 6.45) is -0.835. The van der Waals surface area contributed by atoms with Crippen LogP contribution in [0.15, 0.2) is 42.5 Å². The van der Waals surface area contributed by atoms with E-state index in [0.717, 1.165) is 28.9 Å². The van der Waals surface area contributed by atoms with E-state index in [9.17, 15) is 15.3 Å². The van der Waals surface area contributed by atoms with E-state index in [1.165, 1.54) is 17.3 Å². The highest BCUT2D eigenvalue weighted by atomic mass is 32.2. The van der Waals surface area contributed by atoms with E-state index in [-0.39, 0.29) is 11.9 Å². The Hall–Kier alpha value is -1.57. The molecular formula is C22H26O5S. The molecule has 0 aromatic heterocycles. The fourth-order valence-corrected chi connectivity index (χ4v) is 5.63. The number of hydrogen-bond acceptors (Lipinski definition) is 6. The first kappa shape index (κ1) is 19.7. The molecule has 2 aromatic rings. The molecule has 1 spiro atoms. The predicted octanol–water partition coefficient (Wildman–Crippen LogP) is 2.58. The maximum absolute atomic E-state index is 10.8. The van der Waals surface area contributed by atoms with Gasteiger partial charge in [-0.3, -0.25) is 0 Å². The Morgan fingerprint density at radius 2 is 1.89 bits per heavy atom. The maximum Gasteiger partial charge on any atom is 0.168 e. The molecule has 2 aliphatic heterocycles. The summed E-state index contributed by atoms with van der Waals surface area (Å²) < 4.78 is 11.5. The molecule has 1 saturated heterocycles. The van der Waals surface area contributed by atoms with Gasteiger partial charge in [-0.25, -0.2) is 0 Å². The van der Waals surface area contributed by atoms with Crippen LogP contribution >= 0.6 is 11.8 Å². The number of ether oxygens (including phenoxy) is 2. The molecule has 0 amide bonds. The summed E-state index contributed by atoms with van der Waals surface area (Å²) in [5.41, 5.74) is 4.21. The van der Waals surface area contributed by atoms with Crippen LogP contribution in [-0.2, 0) is 22.7 Å². The second-order valence-corrected chi connectivity index (χ2v) is 8.88. The van der Waals surface area contributed by atoms with Crippen LogP contribution in [0.4, 0.5) is 0 Å². The third-order valence-corrected chi connectivity index (χ3v) is 7.04. The van der Waals surface area contributed by atoms with Crippen molar-refractivity contribution in [2.45, 2.75) is 48.8 Å². The van der Waals surface area contributed by atoms with E-state index < -0.39 is 17.1 Å². The van der Waals surface area contributed by atoms with Crippen LogP contribution in [0.5, 0.6) is 5.75 Å². The zero-order chi connectivity index (χ0) is 19.7. The second-order valence-electron chi connectivity index (χ2n) is 7.37. The van der Waals surface area contributed by atoms with E-state index in [1.807, 2.05) is 25.1 Å². The largest absolute Gasteiger partial charge is 0.494 e. The molecule has 28 heavy (non-hydrogen) atoms. The van der Waals surface area contributed by atoms with Crippen molar-refractivity contribution in [2.24, 2.45) is 0 Å². The highest BCUT2D eigenvalue weighted by Gasteiger charge is 2.54. The molecule has 150 valence electrons. The SMILES string of the molecule is CCOc1ccc(Cc2ccc3c(c2)[C@]2(OC3)S[C@H](CO)CC(O)[C@H]2O)cc1. The molecule has 0 saturated carbocycles. The Balaban J connectivity index is 1.61. The van der Waals surface area contributed by atoms with Gasteiger partial charge in [-0.1, -0.05) is 30.3 Å². The van der Waals surface area contributed by atoms with Gasteiger partial charge in [0.2, 0.25) is 0 Å². The Bertz CT molecular complexity index is 824. The summed E-state index contributed by atoms with van der Waals surface area (Å²) in [6.45, 7) is 2.95. The molecule has 1 fully saturated rings. The normalized spacial score (nSPS) is 29.1. The average molecular weight is 403 g/mol. The van der Waals surface area contributed by atoms with Crippen LogP contribution in [0.2, 0.25) is 0 Å². The zero-order valence-corrected chi connectivity index (χ0v) is 16.7. The number of hydrogen-bond donors (Lipinski definition) is 3. The second kappa shape index (κ2) is 8.05. The Morgan fingerprint density at radius 1 is 1.14 bits per heavy atom. The van der Waals surface area contributed by atoms with Crippen LogP contribution in [-0.4, -0.2) is 46.0 Å². The third kappa shape index (κ3) is 3.55. The Labute approximate surface area is 169 Å². The molecule has 2 heterocycles. The number of thioether (sulfide) groups is 1. The Morgan fingerprint density at radius 3 is 2.61 bits per heavy atom. The van der Waals surface area contributed by atoms with Crippen molar-refractivity contribution in [3.63, 3.8) is 0 Å². The van der Waals surface area contributed by atoms with Gasteiger partial charge in [-0.05, 0) is 48.6 Å². The van der Waals surface area contributed by atoms with Crippen molar-refractivity contribution in [3.05, 3.63) is 64.7 Å². The van der Waals surface area contributed by atoms with Crippen LogP contribution in [0.1, 0.15) is 35.6 Å². The lowest BCUT2D eigenvalue weighted by Gasteiger charge is -2.43. The lowest BCUT2D eigenvalue weighted by atomic mass is 9.92. The van der Waals surface area contributed by atoms with Crippen molar-refractivity contribution in [1.29, 1.82) is 0 Å². The van der Waals surface area contributed by atoms with Crippen molar-refractivity contribution in [3.8, 4) is 5.75 Å². The minimum Gasteiger partial charge on any atom is -0.494 e. The van der Waals surface area contributed by atoms with Gasteiger partial charge in [0.15, 0.2) is 4.93 Å². The first-order valence-corrected chi connectivity index (χ1v) is 10.6. The third-order valence-electron chi connectivity index (χ3n) is 5.44. The summed E-state index contributed by atoms with van der Waals surface area (Å²) in [5, 5.41) is 30.5. The standard InChI is InChI=1S/C22H26O5S/c1-2-26-17-7-4-14(5-8-17)9-15-3-6-16-13-27-22(19(16)10-15)21(25)20(24)11-18(12-23)28-22/h3-8,10,18,20-21,23-25H,2,9,11-13H2,1H3/t18-,20?,21+,22-/m0/s1. The predicted molar refractivity (Wildman–Crippen MR) is 108 cm³/mol. The summed E-state index contributed by atoms with van der Waals surface area (Å²) in [6, 6.07) is 14.2. The van der Waals surface area contributed by atoms with E-state index in [2.05, 4.69) is 24.3 Å². The number of fused-ring (bicyclic) bond motifs is 2. The van der Waals surface area contributed by atoms with Crippen LogP contribution in [0.3, 0.4) is 0 Å². The number of benzene rings is 2. The van der Waals surface area contributed by atoms with Crippen molar-refractivity contribution >= 4 is 11.8 Å². The fourth-order valence-electron chi connectivity index (χ4n) is 4.02. The average Bonchev–Trinajstić information content (AvgIpc) is 3.06. The van der Waals surface area contributed by atoms with Crippen LogP contribution in [0, 0.1) is 0 Å². The molecule has 0 bridgehead atoms. The van der Waals surface area contributed by atoms with Gasteiger partial charge in [-0.2, -0.15) is 0 Å². The van der Waals surface area contributed by atoms with Gasteiger partial charge in [0, 0.05) is 10.8 Å². The first-order valence-electron chi connectivity index (χ1n) is 9.68. The molecule has 2 aliphatic rings. The first-order chi connectivity index (χ1) is 13.6. The molecule has 5 nitrogen and oxygen atoms in total. The monoisotopic (exact) mass is 402 g/mol. The van der Waals surface area contributed by atoms with E-state index in [0.29, 0.717) is 19.6 Å². The molecule has 4 atom stereocenters. The number of aliphatic hydroxyl groups excluding tert-OH is 3. The summed E-state index contributed by atoms with van der Waals surface area (Å²) in [5.74, 6) is 0.860. The van der Waals surface area contributed by atoms with Gasteiger partial charge >= 0.3 is 0 Å². The zero-order valence-electron chi connectivity index (χ0n) is 15.9. The van der Waals surface area contributed by atoms with Gasteiger partial charge in [0.1, 0.15) is 11.9 Å². The highest BCUT2D eigenvalue weighted by molar-refractivity contribution is 8.00. The van der Waals surface area contributed by atoms with Gasteiger partial charge in [-0.15, -0.1) is 11.8 Å². The quantitative estimate of drug-likeness (QED) is 0.714. The van der Waals surface area contributed by atoms with Crippen molar-refractivity contribution in [1.82, 2.24) is 0 Å². The minimum atomic E-state index is -1.03. The molecule has 4 rings (SSSR count). The van der Waals surface area contributed by atoms with Gasteiger partial charge < -0.3 is 24.8 Å². The summed E-state index contributed by atoms with van der Waals surface area (Å²) in [4.78, 5) is -1.02. The van der Waals surface area contributed by atoms with Crippen molar-refractivity contribution < 1.29 is 24.8 Å². The van der Waals surface area contributed by atoms with Gasteiger partial charge in [0.05, 0.1) is 25.9 Å². The van der Waals surface area contributed by atoms with E-state index in [4.69, 9.17) is 9.47 Å². The smallest absolute Gasteiger partial charge is 0.168 e. The van der Waals surface area contributed by atoms with Crippen LogP contribution in [0.25, 0.3) is 0 Å². The highest BCUT2D eigenvalue weighted by Crippen LogP contribution is 2.54. The Kier molecular flexibility index (Phi) is 5.67. The van der Waals surface area contributed by atoms with Crippen molar-refractivity contribution in [2.75, 3.05) is 13.2 Å². The lowest BCUT2D eigenvalue weighted by molar-refractivity contribution is -0.115. The fraction of sp³-hybridized carbons (Fsp3) is 0.455. The molecule has 0 aliphatic carbocycles. The van der Waals surface area contributed by atoms with Gasteiger partial charge in [0.25, 0.3) is 0 Å². The molecule has 0 radical (unpaired) electrons. The van der Waals surface area contributed by atoms with E-state index >= 15 is 0 Å². The van der Waals surface area contributed by atoms with E-state index in [1.54, 1.807) is 0 Å².